The monoisotopic (exact) mass is 269 g/mol. The second-order valence-electron chi connectivity index (χ2n) is 4.77. The average Bonchev–Trinajstić information content (AvgIpc) is 2.99. The minimum absolute atomic E-state index is 0.494. The lowest BCUT2D eigenvalue weighted by Gasteiger charge is -2.21. The van der Waals surface area contributed by atoms with Gasteiger partial charge in [-0.1, -0.05) is 13.3 Å². The molecule has 0 amide bonds. The van der Waals surface area contributed by atoms with E-state index in [-0.39, 0.29) is 0 Å². The van der Waals surface area contributed by atoms with Gasteiger partial charge in [0.2, 0.25) is 0 Å². The maximum atomic E-state index is 5.45. The smallest absolute Gasteiger partial charge is 0.185 e. The van der Waals surface area contributed by atoms with Crippen LogP contribution in [0.3, 0.4) is 0 Å². The molecule has 0 bridgehead atoms. The number of rotatable bonds is 6. The lowest BCUT2D eigenvalue weighted by Crippen LogP contribution is -2.31. The van der Waals surface area contributed by atoms with Crippen molar-refractivity contribution >= 4 is 16.5 Å². The molecule has 0 radical (unpaired) electrons. The number of nitrogens with zero attached hydrogens (tertiary/aromatic N) is 2. The molecule has 1 aliphatic rings. The normalized spacial score (nSPS) is 19.4. The number of nitrogens with one attached hydrogen (secondary N) is 1. The molecule has 1 saturated heterocycles. The predicted octanol–water partition coefficient (Wildman–Crippen LogP) is 2.04. The number of ether oxygens (including phenoxy) is 1. The van der Waals surface area contributed by atoms with Crippen LogP contribution in [-0.4, -0.2) is 38.3 Å². The van der Waals surface area contributed by atoms with Gasteiger partial charge < -0.3 is 15.0 Å². The van der Waals surface area contributed by atoms with Crippen LogP contribution in [0.1, 0.15) is 30.3 Å². The van der Waals surface area contributed by atoms with E-state index in [4.69, 9.17) is 9.72 Å². The first-order chi connectivity index (χ1) is 8.76. The molecule has 0 aliphatic carbocycles. The van der Waals surface area contributed by atoms with Crippen molar-refractivity contribution in [3.63, 3.8) is 0 Å². The second-order valence-corrected chi connectivity index (χ2v) is 5.84. The summed E-state index contributed by atoms with van der Waals surface area (Å²) < 4.78 is 5.45. The highest BCUT2D eigenvalue weighted by Crippen LogP contribution is 2.29. The Bertz CT molecular complexity index is 351. The number of aryl methyl sites for hydroxylation is 1. The van der Waals surface area contributed by atoms with Crippen molar-refractivity contribution in [1.82, 2.24) is 10.3 Å². The Morgan fingerprint density at radius 1 is 1.56 bits per heavy atom. The summed E-state index contributed by atoms with van der Waals surface area (Å²) in [5, 5.41) is 4.37. The lowest BCUT2D eigenvalue weighted by atomic mass is 10.2. The topological polar surface area (TPSA) is 37.4 Å². The third kappa shape index (κ3) is 3.02. The zero-order valence-electron chi connectivity index (χ0n) is 11.5. The van der Waals surface area contributed by atoms with Gasteiger partial charge in [0, 0.05) is 25.1 Å². The molecule has 1 unspecified atom stereocenters. The maximum absolute atomic E-state index is 5.45. The van der Waals surface area contributed by atoms with E-state index in [0.29, 0.717) is 6.04 Å². The van der Waals surface area contributed by atoms with E-state index in [1.54, 1.807) is 0 Å². The van der Waals surface area contributed by atoms with Crippen molar-refractivity contribution < 1.29 is 4.74 Å². The van der Waals surface area contributed by atoms with E-state index in [1.165, 1.54) is 10.6 Å². The molecule has 102 valence electrons. The summed E-state index contributed by atoms with van der Waals surface area (Å²) in [4.78, 5) is 8.47. The molecule has 0 spiro atoms. The van der Waals surface area contributed by atoms with Crippen LogP contribution in [0.4, 0.5) is 5.13 Å². The van der Waals surface area contributed by atoms with Crippen molar-refractivity contribution in [2.75, 3.05) is 32.2 Å². The number of hydrogen-bond acceptors (Lipinski definition) is 5. The zero-order chi connectivity index (χ0) is 13.0. The third-order valence-corrected chi connectivity index (χ3v) is 4.53. The lowest BCUT2D eigenvalue weighted by molar-refractivity contribution is 0.193. The summed E-state index contributed by atoms with van der Waals surface area (Å²) in [6.07, 6.45) is 3.33. The standard InChI is InChI=1S/C13H23N3OS/c1-4-5-11-12(8-14-2)18-13(15-11)16(3)10-6-7-17-9-10/h10,14H,4-9H2,1-3H3. The van der Waals surface area contributed by atoms with Gasteiger partial charge in [-0.15, -0.1) is 11.3 Å². The third-order valence-electron chi connectivity index (χ3n) is 3.35. The van der Waals surface area contributed by atoms with Crippen molar-refractivity contribution in [2.45, 2.75) is 38.8 Å². The number of likely N-dealkylation sites (N-methyl/N-ethyl adjacent to an activating group) is 1. The molecular formula is C13H23N3OS. The summed E-state index contributed by atoms with van der Waals surface area (Å²) in [5.74, 6) is 0. The molecule has 2 heterocycles. The summed E-state index contributed by atoms with van der Waals surface area (Å²) in [6.45, 7) is 4.84. The highest BCUT2D eigenvalue weighted by Gasteiger charge is 2.23. The van der Waals surface area contributed by atoms with Crippen molar-refractivity contribution in [1.29, 1.82) is 0 Å². The van der Waals surface area contributed by atoms with Crippen LogP contribution >= 0.6 is 11.3 Å². The van der Waals surface area contributed by atoms with Crippen LogP contribution in [0.5, 0.6) is 0 Å². The molecule has 0 aromatic carbocycles. The SMILES string of the molecule is CCCc1nc(N(C)C2CCOC2)sc1CNC. The Morgan fingerprint density at radius 2 is 2.39 bits per heavy atom. The highest BCUT2D eigenvalue weighted by molar-refractivity contribution is 7.15. The van der Waals surface area contributed by atoms with Crippen LogP contribution in [0.15, 0.2) is 0 Å². The number of aromatic nitrogens is 1. The first-order valence-corrected chi connectivity index (χ1v) is 7.51. The van der Waals surface area contributed by atoms with Gasteiger partial charge in [-0.05, 0) is 19.9 Å². The minimum Gasteiger partial charge on any atom is -0.379 e. The van der Waals surface area contributed by atoms with Gasteiger partial charge in [0.05, 0.1) is 18.3 Å². The molecule has 1 aromatic heterocycles. The Labute approximate surface area is 113 Å². The van der Waals surface area contributed by atoms with Crippen LogP contribution < -0.4 is 10.2 Å². The molecule has 4 nitrogen and oxygen atoms in total. The van der Waals surface area contributed by atoms with Crippen LogP contribution in [0.2, 0.25) is 0 Å². The fraction of sp³-hybridized carbons (Fsp3) is 0.769. The molecular weight excluding hydrogens is 246 g/mol. The number of hydrogen-bond donors (Lipinski definition) is 1. The fourth-order valence-electron chi connectivity index (χ4n) is 2.24. The van der Waals surface area contributed by atoms with Crippen LogP contribution in [0.25, 0.3) is 0 Å². The van der Waals surface area contributed by atoms with Gasteiger partial charge in [0.25, 0.3) is 0 Å². The van der Waals surface area contributed by atoms with Crippen molar-refractivity contribution in [3.05, 3.63) is 10.6 Å². The van der Waals surface area contributed by atoms with Gasteiger partial charge in [-0.2, -0.15) is 0 Å². The van der Waals surface area contributed by atoms with Gasteiger partial charge in [-0.3, -0.25) is 0 Å². The molecule has 1 aliphatic heterocycles. The van der Waals surface area contributed by atoms with Crippen LogP contribution in [0, 0.1) is 0 Å². The Kier molecular flexibility index (Phi) is 4.97. The number of anilines is 1. The molecule has 2 rings (SSSR count). The maximum Gasteiger partial charge on any atom is 0.185 e. The molecule has 1 atom stereocenters. The predicted molar refractivity (Wildman–Crippen MR) is 76.5 cm³/mol. The minimum atomic E-state index is 0.494. The average molecular weight is 269 g/mol. The quantitative estimate of drug-likeness (QED) is 0.857. The molecule has 18 heavy (non-hydrogen) atoms. The number of thiazole rings is 1. The summed E-state index contributed by atoms with van der Waals surface area (Å²) in [7, 11) is 4.13. The van der Waals surface area contributed by atoms with Gasteiger partial charge in [0.15, 0.2) is 5.13 Å². The van der Waals surface area contributed by atoms with E-state index in [9.17, 15) is 0 Å². The molecule has 1 N–H and O–H groups in total. The molecule has 1 aromatic rings. The summed E-state index contributed by atoms with van der Waals surface area (Å²) in [5.41, 5.74) is 1.26. The first kappa shape index (κ1) is 13.8. The summed E-state index contributed by atoms with van der Waals surface area (Å²) in [6, 6.07) is 0.494. The Morgan fingerprint density at radius 3 is 3.00 bits per heavy atom. The molecule has 1 fully saturated rings. The largest absolute Gasteiger partial charge is 0.379 e. The Hall–Kier alpha value is -0.650. The van der Waals surface area contributed by atoms with E-state index < -0.39 is 0 Å². The molecule has 5 heteroatoms. The van der Waals surface area contributed by atoms with E-state index >= 15 is 0 Å². The van der Waals surface area contributed by atoms with E-state index in [1.807, 2.05) is 18.4 Å². The van der Waals surface area contributed by atoms with Gasteiger partial charge >= 0.3 is 0 Å². The zero-order valence-corrected chi connectivity index (χ0v) is 12.3. The second kappa shape index (κ2) is 6.50. The van der Waals surface area contributed by atoms with Gasteiger partial charge in [-0.25, -0.2) is 4.98 Å². The van der Waals surface area contributed by atoms with Crippen molar-refractivity contribution in [3.8, 4) is 0 Å². The molecule has 0 saturated carbocycles. The van der Waals surface area contributed by atoms with Crippen LogP contribution in [-0.2, 0) is 17.7 Å². The fourth-order valence-corrected chi connectivity index (χ4v) is 3.39. The Balaban J connectivity index is 2.13. The first-order valence-electron chi connectivity index (χ1n) is 6.70. The van der Waals surface area contributed by atoms with Gasteiger partial charge in [0.1, 0.15) is 0 Å². The summed E-state index contributed by atoms with van der Waals surface area (Å²) >= 11 is 1.82. The van der Waals surface area contributed by atoms with E-state index in [0.717, 1.165) is 44.2 Å². The van der Waals surface area contributed by atoms with Crippen molar-refractivity contribution in [2.24, 2.45) is 0 Å². The highest BCUT2D eigenvalue weighted by atomic mass is 32.1. The van der Waals surface area contributed by atoms with E-state index in [2.05, 4.69) is 24.2 Å².